The summed E-state index contributed by atoms with van der Waals surface area (Å²) in [4.78, 5) is 0. The van der Waals surface area contributed by atoms with E-state index in [1.54, 1.807) is 14.2 Å². The van der Waals surface area contributed by atoms with Crippen LogP contribution in [-0.4, -0.2) is 38.3 Å². The lowest BCUT2D eigenvalue weighted by molar-refractivity contribution is 0.200. The van der Waals surface area contributed by atoms with Crippen LogP contribution in [0.1, 0.15) is 17.5 Å². The minimum atomic E-state index is -0.140. The Labute approximate surface area is 119 Å². The van der Waals surface area contributed by atoms with E-state index in [2.05, 4.69) is 11.8 Å². The second-order valence-electron chi connectivity index (χ2n) is 3.89. The lowest BCUT2D eigenvalue weighted by Gasteiger charge is -2.07. The van der Waals surface area contributed by atoms with Gasteiger partial charge in [0.15, 0.2) is 0 Å². The van der Waals surface area contributed by atoms with Crippen LogP contribution in [0, 0.1) is 11.8 Å². The standard InChI is InChI=1S/C15H20O3S/c1-17-9-4-10-19-12-13-6-7-15(18-2)14(11-13)5-3-8-16/h6-7,11,16H,4,8-10,12H2,1-2H3. The Morgan fingerprint density at radius 3 is 2.84 bits per heavy atom. The maximum Gasteiger partial charge on any atom is 0.134 e. The van der Waals surface area contributed by atoms with E-state index in [4.69, 9.17) is 14.6 Å². The van der Waals surface area contributed by atoms with Crippen LogP contribution >= 0.6 is 11.8 Å². The number of rotatable bonds is 7. The van der Waals surface area contributed by atoms with Crippen molar-refractivity contribution in [2.24, 2.45) is 0 Å². The normalized spacial score (nSPS) is 9.84. The SMILES string of the molecule is COCCCSCc1ccc(OC)c(C#CCO)c1. The second-order valence-corrected chi connectivity index (χ2v) is 5.00. The summed E-state index contributed by atoms with van der Waals surface area (Å²) in [5, 5.41) is 8.75. The number of hydrogen-bond acceptors (Lipinski definition) is 4. The molecule has 0 aliphatic heterocycles. The van der Waals surface area contributed by atoms with Crippen LogP contribution in [0.15, 0.2) is 18.2 Å². The molecule has 0 unspecified atom stereocenters. The highest BCUT2D eigenvalue weighted by Crippen LogP contribution is 2.22. The highest BCUT2D eigenvalue weighted by Gasteiger charge is 2.02. The molecular formula is C15H20O3S. The lowest BCUT2D eigenvalue weighted by atomic mass is 10.1. The van der Waals surface area contributed by atoms with Crippen molar-refractivity contribution in [3.63, 3.8) is 0 Å². The molecule has 104 valence electrons. The minimum absolute atomic E-state index is 0.140. The molecule has 0 fully saturated rings. The van der Waals surface area contributed by atoms with Crippen LogP contribution in [0.5, 0.6) is 5.75 Å². The van der Waals surface area contributed by atoms with Crippen molar-refractivity contribution in [2.45, 2.75) is 12.2 Å². The maximum absolute atomic E-state index is 8.75. The van der Waals surface area contributed by atoms with Crippen LogP contribution in [0.4, 0.5) is 0 Å². The van der Waals surface area contributed by atoms with Crippen molar-refractivity contribution in [1.29, 1.82) is 0 Å². The Kier molecular flexibility index (Phi) is 8.15. The summed E-state index contributed by atoms with van der Waals surface area (Å²) < 4.78 is 10.3. The Morgan fingerprint density at radius 1 is 1.32 bits per heavy atom. The van der Waals surface area contributed by atoms with Crippen LogP contribution in [-0.2, 0) is 10.5 Å². The topological polar surface area (TPSA) is 38.7 Å². The van der Waals surface area contributed by atoms with Crippen molar-refractivity contribution in [2.75, 3.05) is 33.2 Å². The Balaban J connectivity index is 2.59. The van der Waals surface area contributed by atoms with Crippen molar-refractivity contribution in [1.82, 2.24) is 0 Å². The van der Waals surface area contributed by atoms with E-state index < -0.39 is 0 Å². The Hall–Kier alpha value is -1.15. The third-order valence-corrected chi connectivity index (χ3v) is 3.59. The molecule has 0 spiro atoms. The van der Waals surface area contributed by atoms with Gasteiger partial charge in [0.05, 0.1) is 12.7 Å². The van der Waals surface area contributed by atoms with Crippen molar-refractivity contribution in [3.05, 3.63) is 29.3 Å². The third-order valence-electron chi connectivity index (χ3n) is 2.47. The van der Waals surface area contributed by atoms with Crippen LogP contribution in [0.3, 0.4) is 0 Å². The molecule has 1 N–H and O–H groups in total. The van der Waals surface area contributed by atoms with Crippen molar-refractivity contribution < 1.29 is 14.6 Å². The van der Waals surface area contributed by atoms with Gasteiger partial charge >= 0.3 is 0 Å². The number of aliphatic hydroxyl groups excluding tert-OH is 1. The Morgan fingerprint density at radius 2 is 2.16 bits per heavy atom. The van der Waals surface area contributed by atoms with E-state index in [0.29, 0.717) is 0 Å². The van der Waals surface area contributed by atoms with Gasteiger partial charge < -0.3 is 14.6 Å². The third kappa shape index (κ3) is 6.02. The maximum atomic E-state index is 8.75. The van der Waals surface area contributed by atoms with Gasteiger partial charge in [-0.2, -0.15) is 11.8 Å². The van der Waals surface area contributed by atoms with Gasteiger partial charge in [0, 0.05) is 19.5 Å². The summed E-state index contributed by atoms with van der Waals surface area (Å²) in [5.74, 6) is 8.33. The zero-order chi connectivity index (χ0) is 13.9. The van der Waals surface area contributed by atoms with Gasteiger partial charge in [0.1, 0.15) is 12.4 Å². The monoisotopic (exact) mass is 280 g/mol. The number of thioether (sulfide) groups is 1. The van der Waals surface area contributed by atoms with Gasteiger partial charge in [-0.3, -0.25) is 0 Å². The van der Waals surface area contributed by atoms with Crippen molar-refractivity contribution in [3.8, 4) is 17.6 Å². The van der Waals surface area contributed by atoms with Crippen LogP contribution < -0.4 is 4.74 Å². The Bertz CT molecular complexity index is 435. The summed E-state index contributed by atoms with van der Waals surface area (Å²) in [7, 11) is 3.35. The minimum Gasteiger partial charge on any atom is -0.495 e. The molecule has 0 aliphatic carbocycles. The van der Waals surface area contributed by atoms with Gasteiger partial charge in [-0.1, -0.05) is 17.9 Å². The highest BCUT2D eigenvalue weighted by atomic mass is 32.2. The summed E-state index contributed by atoms with van der Waals surface area (Å²) in [5.41, 5.74) is 2.04. The zero-order valence-corrected chi connectivity index (χ0v) is 12.3. The van der Waals surface area contributed by atoms with E-state index in [0.717, 1.165) is 35.8 Å². The van der Waals surface area contributed by atoms with E-state index in [9.17, 15) is 0 Å². The van der Waals surface area contributed by atoms with Crippen molar-refractivity contribution >= 4 is 11.8 Å². The molecule has 0 aromatic heterocycles. The van der Waals surface area contributed by atoms with E-state index in [-0.39, 0.29) is 6.61 Å². The average molecular weight is 280 g/mol. The summed E-state index contributed by atoms with van der Waals surface area (Å²) in [6, 6.07) is 5.99. The average Bonchev–Trinajstić information content (AvgIpc) is 2.45. The molecule has 19 heavy (non-hydrogen) atoms. The molecule has 0 saturated heterocycles. The molecule has 0 amide bonds. The first-order chi connectivity index (χ1) is 9.31. The molecule has 0 atom stereocenters. The molecule has 0 bridgehead atoms. The second kappa shape index (κ2) is 9.74. The van der Waals surface area contributed by atoms with Gasteiger partial charge in [0.2, 0.25) is 0 Å². The fourth-order valence-electron chi connectivity index (χ4n) is 1.57. The predicted molar refractivity (Wildman–Crippen MR) is 79.6 cm³/mol. The molecule has 3 nitrogen and oxygen atoms in total. The molecule has 1 rings (SSSR count). The molecule has 1 aromatic rings. The first kappa shape index (κ1) is 15.9. The number of ether oxygens (including phenoxy) is 2. The van der Waals surface area contributed by atoms with E-state index in [1.165, 1.54) is 5.56 Å². The van der Waals surface area contributed by atoms with Gasteiger partial charge in [0.25, 0.3) is 0 Å². The number of aliphatic hydroxyl groups is 1. The fraction of sp³-hybridized carbons (Fsp3) is 0.467. The molecule has 0 aliphatic rings. The quantitative estimate of drug-likeness (QED) is 0.614. The number of methoxy groups -OCH3 is 2. The molecular weight excluding hydrogens is 260 g/mol. The lowest BCUT2D eigenvalue weighted by Crippen LogP contribution is -1.93. The highest BCUT2D eigenvalue weighted by molar-refractivity contribution is 7.98. The summed E-state index contributed by atoms with van der Waals surface area (Å²) in [6.07, 6.45) is 1.06. The van der Waals surface area contributed by atoms with Gasteiger partial charge in [-0.25, -0.2) is 0 Å². The van der Waals surface area contributed by atoms with E-state index in [1.807, 2.05) is 30.0 Å². The molecule has 0 radical (unpaired) electrons. The van der Waals surface area contributed by atoms with Crippen LogP contribution in [0.25, 0.3) is 0 Å². The van der Waals surface area contributed by atoms with Gasteiger partial charge in [-0.15, -0.1) is 0 Å². The summed E-state index contributed by atoms with van der Waals surface area (Å²) in [6.45, 7) is 0.669. The predicted octanol–water partition coefficient (Wildman–Crippen LogP) is 2.31. The molecule has 1 aromatic carbocycles. The van der Waals surface area contributed by atoms with Gasteiger partial charge in [-0.05, 0) is 29.9 Å². The number of hydrogen-bond donors (Lipinski definition) is 1. The smallest absolute Gasteiger partial charge is 0.134 e. The largest absolute Gasteiger partial charge is 0.495 e. The first-order valence-electron chi connectivity index (χ1n) is 6.15. The first-order valence-corrected chi connectivity index (χ1v) is 7.30. The molecule has 4 heteroatoms. The fourth-order valence-corrected chi connectivity index (χ4v) is 2.45. The molecule has 0 heterocycles. The summed E-state index contributed by atoms with van der Waals surface area (Å²) >= 11 is 1.87. The number of benzene rings is 1. The van der Waals surface area contributed by atoms with Crippen LogP contribution in [0.2, 0.25) is 0 Å². The molecule has 0 saturated carbocycles. The zero-order valence-electron chi connectivity index (χ0n) is 11.4. The van der Waals surface area contributed by atoms with E-state index >= 15 is 0 Å².